The van der Waals surface area contributed by atoms with Crippen LogP contribution in [0, 0.1) is 17.5 Å². The quantitative estimate of drug-likeness (QED) is 0.612. The molecule has 0 aliphatic carbocycles. The van der Waals surface area contributed by atoms with E-state index in [0.29, 0.717) is 5.56 Å². The molecule has 156 valence electrons. The molecule has 0 spiro atoms. The van der Waals surface area contributed by atoms with Crippen LogP contribution in [-0.4, -0.2) is 28.7 Å². The average molecular weight is 438 g/mol. The molecular weight excluding hydrogens is 423 g/mol. The van der Waals surface area contributed by atoms with Gasteiger partial charge in [-0.3, -0.25) is 14.4 Å². The summed E-state index contributed by atoms with van der Waals surface area (Å²) in [4.78, 5) is 40.3. The summed E-state index contributed by atoms with van der Waals surface area (Å²) in [5.41, 5.74) is -0.204. The van der Waals surface area contributed by atoms with E-state index < -0.39 is 40.9 Å². The predicted molar refractivity (Wildman–Crippen MR) is 106 cm³/mol. The fourth-order valence-corrected chi connectivity index (χ4v) is 3.10. The van der Waals surface area contributed by atoms with Crippen molar-refractivity contribution >= 4 is 39.9 Å². The number of carbonyl (C=O) groups is 2. The van der Waals surface area contributed by atoms with Gasteiger partial charge >= 0.3 is 11.8 Å². The van der Waals surface area contributed by atoms with Crippen molar-refractivity contribution in [3.8, 4) is 0 Å². The van der Waals surface area contributed by atoms with Crippen molar-refractivity contribution in [3.63, 3.8) is 0 Å². The second-order valence-electron chi connectivity index (χ2n) is 6.56. The Morgan fingerprint density at radius 2 is 1.70 bits per heavy atom. The first-order valence-corrected chi connectivity index (χ1v) is 9.01. The number of anilines is 1. The van der Waals surface area contributed by atoms with Gasteiger partial charge in [0.15, 0.2) is 11.6 Å². The number of nitrogens with one attached hydrogen (secondary N) is 2. The van der Waals surface area contributed by atoms with E-state index in [-0.39, 0.29) is 21.5 Å². The molecule has 0 radical (unpaired) electrons. The van der Waals surface area contributed by atoms with Crippen LogP contribution >= 0.6 is 11.6 Å². The largest absolute Gasteiger partial charge is 0.331 e. The number of pyridine rings is 1. The number of carbonyl (C=O) groups excluding carboxylic acids is 2. The zero-order valence-corrected chi connectivity index (χ0v) is 16.5. The van der Waals surface area contributed by atoms with Crippen LogP contribution in [0.3, 0.4) is 0 Å². The third-order valence-corrected chi connectivity index (χ3v) is 4.99. The van der Waals surface area contributed by atoms with Gasteiger partial charge in [0.1, 0.15) is 5.82 Å². The molecule has 0 fully saturated rings. The summed E-state index contributed by atoms with van der Waals surface area (Å²) >= 11 is 5.65. The smallest absolute Gasteiger partial charge is 0.313 e. The third-order valence-electron chi connectivity index (χ3n) is 4.70. The minimum absolute atomic E-state index is 0.0931. The lowest BCUT2D eigenvalue weighted by Crippen LogP contribution is -2.38. The van der Waals surface area contributed by atoms with Gasteiger partial charge < -0.3 is 15.2 Å². The molecule has 1 aromatic heterocycles. The number of halogens is 4. The first-order chi connectivity index (χ1) is 14.1. The lowest BCUT2D eigenvalue weighted by Gasteiger charge is -2.25. The Bertz CT molecular complexity index is 1230. The number of nitrogens with zero attached hydrogens (tertiary/aromatic N) is 1. The number of likely N-dealkylation sites (N-methyl/N-ethyl adjacent to an activating group) is 1. The van der Waals surface area contributed by atoms with Crippen LogP contribution in [0.5, 0.6) is 0 Å². The molecule has 0 saturated heterocycles. The van der Waals surface area contributed by atoms with Crippen LogP contribution in [0.2, 0.25) is 5.02 Å². The van der Waals surface area contributed by atoms with E-state index in [1.165, 1.54) is 19.3 Å². The van der Waals surface area contributed by atoms with E-state index in [9.17, 15) is 27.6 Å². The van der Waals surface area contributed by atoms with Gasteiger partial charge in [-0.1, -0.05) is 11.6 Å². The van der Waals surface area contributed by atoms with Gasteiger partial charge in [-0.05, 0) is 48.2 Å². The second kappa shape index (κ2) is 8.19. The van der Waals surface area contributed by atoms with Crippen LogP contribution in [0.4, 0.5) is 18.9 Å². The molecule has 0 aliphatic heterocycles. The second-order valence-corrected chi connectivity index (χ2v) is 6.97. The molecule has 2 aromatic carbocycles. The molecule has 2 N–H and O–H groups in total. The zero-order chi connectivity index (χ0) is 22.2. The third kappa shape index (κ3) is 4.02. The number of amides is 2. The molecule has 1 atom stereocenters. The van der Waals surface area contributed by atoms with Gasteiger partial charge in [-0.25, -0.2) is 13.2 Å². The van der Waals surface area contributed by atoms with Crippen molar-refractivity contribution in [2.45, 2.75) is 13.0 Å². The number of rotatable bonds is 3. The summed E-state index contributed by atoms with van der Waals surface area (Å²) in [6, 6.07) is 4.27. The van der Waals surface area contributed by atoms with Crippen LogP contribution in [0.25, 0.3) is 10.8 Å². The van der Waals surface area contributed by atoms with E-state index in [1.807, 2.05) is 0 Å². The van der Waals surface area contributed by atoms with E-state index in [4.69, 9.17) is 11.6 Å². The Balaban J connectivity index is 1.88. The molecule has 3 aromatic rings. The Kier molecular flexibility index (Phi) is 5.84. The number of hydrogen-bond donors (Lipinski definition) is 2. The fourth-order valence-electron chi connectivity index (χ4n) is 2.92. The standard InChI is InChI=1S/C20H15ClF3N3O3/c1-9(13-8-25-18(28)12-7-17(24)16(23)6-11(12)13)27(2)20(30)19(29)26-10-3-4-15(22)14(21)5-10/h3-9H,1-2H3,(H,25,28)(H,26,29)/t9-/m0/s1. The highest BCUT2D eigenvalue weighted by Crippen LogP contribution is 2.27. The number of aromatic amines is 1. The first-order valence-electron chi connectivity index (χ1n) is 8.63. The zero-order valence-electron chi connectivity index (χ0n) is 15.7. The van der Waals surface area contributed by atoms with E-state index in [2.05, 4.69) is 10.3 Å². The number of hydrogen-bond acceptors (Lipinski definition) is 3. The van der Waals surface area contributed by atoms with Crippen molar-refractivity contribution in [2.75, 3.05) is 12.4 Å². The number of benzene rings is 2. The van der Waals surface area contributed by atoms with Crippen LogP contribution in [0.1, 0.15) is 18.5 Å². The van der Waals surface area contributed by atoms with Crippen molar-refractivity contribution in [2.24, 2.45) is 0 Å². The van der Waals surface area contributed by atoms with E-state index in [1.54, 1.807) is 6.92 Å². The van der Waals surface area contributed by atoms with Gasteiger partial charge in [-0.15, -0.1) is 0 Å². The van der Waals surface area contributed by atoms with E-state index in [0.717, 1.165) is 29.2 Å². The maximum atomic E-state index is 13.7. The summed E-state index contributed by atoms with van der Waals surface area (Å²) in [7, 11) is 1.33. The highest BCUT2D eigenvalue weighted by atomic mass is 35.5. The Labute approximate surface area is 173 Å². The van der Waals surface area contributed by atoms with E-state index >= 15 is 0 Å². The van der Waals surface area contributed by atoms with Crippen molar-refractivity contribution in [3.05, 3.63) is 74.9 Å². The maximum Gasteiger partial charge on any atom is 0.313 e. The molecular formula is C20H15ClF3N3O3. The Hall–Kier alpha value is -3.33. The minimum atomic E-state index is -1.18. The first kappa shape index (κ1) is 21.4. The molecule has 0 saturated carbocycles. The monoisotopic (exact) mass is 437 g/mol. The van der Waals surface area contributed by atoms with Crippen LogP contribution in [-0.2, 0) is 9.59 Å². The normalized spacial score (nSPS) is 11.9. The summed E-state index contributed by atoms with van der Waals surface area (Å²) in [5, 5.41) is 2.10. The molecule has 2 amide bonds. The number of aromatic nitrogens is 1. The van der Waals surface area contributed by atoms with Gasteiger partial charge in [0.2, 0.25) is 0 Å². The van der Waals surface area contributed by atoms with Crippen LogP contribution < -0.4 is 10.9 Å². The minimum Gasteiger partial charge on any atom is -0.331 e. The van der Waals surface area contributed by atoms with Crippen molar-refractivity contribution in [1.29, 1.82) is 0 Å². The fraction of sp³-hybridized carbons (Fsp3) is 0.150. The topological polar surface area (TPSA) is 82.3 Å². The Morgan fingerprint density at radius 3 is 2.33 bits per heavy atom. The Morgan fingerprint density at radius 1 is 1.07 bits per heavy atom. The van der Waals surface area contributed by atoms with Crippen LogP contribution in [0.15, 0.2) is 41.3 Å². The predicted octanol–water partition coefficient (Wildman–Crippen LogP) is 3.76. The summed E-state index contributed by atoms with van der Waals surface area (Å²) in [6.07, 6.45) is 1.27. The van der Waals surface area contributed by atoms with Crippen molar-refractivity contribution in [1.82, 2.24) is 9.88 Å². The number of H-pyrrole nitrogens is 1. The maximum absolute atomic E-state index is 13.7. The molecule has 1 heterocycles. The van der Waals surface area contributed by atoms with Gasteiger partial charge in [0.25, 0.3) is 5.56 Å². The van der Waals surface area contributed by atoms with Crippen molar-refractivity contribution < 1.29 is 22.8 Å². The number of fused-ring (bicyclic) bond motifs is 1. The highest BCUT2D eigenvalue weighted by molar-refractivity contribution is 6.39. The average Bonchev–Trinajstić information content (AvgIpc) is 2.71. The summed E-state index contributed by atoms with van der Waals surface area (Å²) in [6.45, 7) is 1.55. The molecule has 0 bridgehead atoms. The molecule has 10 heteroatoms. The molecule has 0 aliphatic rings. The molecule has 3 rings (SSSR count). The highest BCUT2D eigenvalue weighted by Gasteiger charge is 2.26. The lowest BCUT2D eigenvalue weighted by atomic mass is 10.0. The SMILES string of the molecule is C[C@@H](c1c[nH]c(=O)c2cc(F)c(F)cc12)N(C)C(=O)C(=O)Nc1ccc(F)c(Cl)c1. The molecule has 30 heavy (non-hydrogen) atoms. The summed E-state index contributed by atoms with van der Waals surface area (Å²) in [5.74, 6) is -4.98. The lowest BCUT2D eigenvalue weighted by molar-refractivity contribution is -0.143. The molecule has 0 unspecified atom stereocenters. The van der Waals surface area contributed by atoms with Gasteiger partial charge in [-0.2, -0.15) is 0 Å². The van der Waals surface area contributed by atoms with Gasteiger partial charge in [0.05, 0.1) is 16.5 Å². The summed E-state index contributed by atoms with van der Waals surface area (Å²) < 4.78 is 40.5. The van der Waals surface area contributed by atoms with Gasteiger partial charge in [0, 0.05) is 18.9 Å². The molecule has 6 nitrogen and oxygen atoms in total.